The number of carbonyl (C=O) groups is 1. The molecule has 0 spiro atoms. The minimum absolute atomic E-state index is 0.0306. The van der Waals surface area contributed by atoms with E-state index in [-0.39, 0.29) is 35.2 Å². The number of carbonyl (C=O) groups excluding carboxylic acids is 1. The smallest absolute Gasteiger partial charge is 0.416 e. The number of ether oxygens (including phenoxy) is 1. The molecule has 1 aromatic heterocycles. The van der Waals surface area contributed by atoms with Crippen LogP contribution < -0.4 is 25.0 Å². The second-order valence-corrected chi connectivity index (χ2v) is 14.6. The van der Waals surface area contributed by atoms with Crippen molar-refractivity contribution >= 4 is 33.3 Å². The lowest BCUT2D eigenvalue weighted by atomic mass is 10.1. The van der Waals surface area contributed by atoms with Gasteiger partial charge in [0.05, 0.1) is 23.0 Å². The van der Waals surface area contributed by atoms with Gasteiger partial charge in [0.1, 0.15) is 35.6 Å². The molecule has 262 valence electrons. The number of halogens is 5. The summed E-state index contributed by atoms with van der Waals surface area (Å²) in [5.41, 5.74) is -0.908. The van der Waals surface area contributed by atoms with E-state index in [1.807, 2.05) is 0 Å². The zero-order chi connectivity index (χ0) is 35.4. The first-order chi connectivity index (χ1) is 22.4. The van der Waals surface area contributed by atoms with Crippen LogP contribution >= 0.6 is 0 Å². The third-order valence-electron chi connectivity index (χ3n) is 7.95. The van der Waals surface area contributed by atoms with Gasteiger partial charge in [0.2, 0.25) is 10.0 Å². The van der Waals surface area contributed by atoms with E-state index in [1.165, 1.54) is 45.2 Å². The Labute approximate surface area is 275 Å². The maximum atomic E-state index is 13.8. The molecule has 10 nitrogen and oxygen atoms in total. The van der Waals surface area contributed by atoms with Crippen LogP contribution in [-0.4, -0.2) is 68.6 Å². The third-order valence-corrected chi connectivity index (χ3v) is 10.1. The van der Waals surface area contributed by atoms with Crippen molar-refractivity contribution in [3.63, 3.8) is 0 Å². The summed E-state index contributed by atoms with van der Waals surface area (Å²) < 4.78 is 99.5. The highest BCUT2D eigenvalue weighted by atomic mass is 32.2. The first-order valence-corrected chi connectivity index (χ1v) is 16.7. The highest BCUT2D eigenvalue weighted by Crippen LogP contribution is 2.37. The number of sulfonamides is 1. The molecule has 0 radical (unpaired) electrons. The van der Waals surface area contributed by atoms with Gasteiger partial charge < -0.3 is 25.8 Å². The minimum Gasteiger partial charge on any atom is -0.491 e. The second-order valence-electron chi connectivity index (χ2n) is 12.0. The zero-order valence-corrected chi connectivity index (χ0v) is 27.5. The molecule has 3 aromatic rings. The molecule has 0 bridgehead atoms. The molecular weight excluding hydrogens is 661 g/mol. The zero-order valence-electron chi connectivity index (χ0n) is 26.7. The summed E-state index contributed by atoms with van der Waals surface area (Å²) in [5, 5.41) is 18.7. The fourth-order valence-corrected chi connectivity index (χ4v) is 5.72. The number of nitrogens with zero attached hydrogens (tertiary/aromatic N) is 2. The monoisotopic (exact) mass is 699 g/mol. The van der Waals surface area contributed by atoms with E-state index in [1.54, 1.807) is 0 Å². The number of amides is 1. The van der Waals surface area contributed by atoms with E-state index in [2.05, 4.69) is 27.9 Å². The van der Waals surface area contributed by atoms with Crippen molar-refractivity contribution in [2.24, 2.45) is 11.8 Å². The van der Waals surface area contributed by atoms with Crippen LogP contribution in [0.15, 0.2) is 54.6 Å². The quantitative estimate of drug-likeness (QED) is 0.158. The molecule has 1 heterocycles. The Balaban J connectivity index is 1.59. The maximum absolute atomic E-state index is 13.8. The summed E-state index contributed by atoms with van der Waals surface area (Å²) in [7, 11) is -2.52. The van der Waals surface area contributed by atoms with Crippen LogP contribution in [0.25, 0.3) is 0 Å². The first kappa shape index (κ1) is 36.7. The molecule has 16 heteroatoms. The van der Waals surface area contributed by atoms with Crippen LogP contribution in [0.5, 0.6) is 5.75 Å². The van der Waals surface area contributed by atoms with E-state index in [4.69, 9.17) is 4.74 Å². The van der Waals surface area contributed by atoms with Gasteiger partial charge in [0, 0.05) is 49.6 Å². The van der Waals surface area contributed by atoms with Crippen LogP contribution in [-0.2, 0) is 16.2 Å². The predicted molar refractivity (Wildman–Crippen MR) is 172 cm³/mol. The Bertz CT molecular complexity index is 1690. The molecule has 4 atom stereocenters. The van der Waals surface area contributed by atoms with Gasteiger partial charge in [-0.3, -0.25) is 9.10 Å². The maximum Gasteiger partial charge on any atom is 0.416 e. The Morgan fingerprint density at radius 1 is 1.08 bits per heavy atom. The van der Waals surface area contributed by atoms with Crippen molar-refractivity contribution < 1.29 is 45.0 Å². The van der Waals surface area contributed by atoms with E-state index in [0.29, 0.717) is 24.4 Å². The van der Waals surface area contributed by atoms with Gasteiger partial charge in [-0.15, -0.1) is 0 Å². The molecule has 2 aromatic carbocycles. The predicted octanol–water partition coefficient (Wildman–Crippen LogP) is 5.27. The second kappa shape index (κ2) is 14.9. The number of pyridine rings is 1. The van der Waals surface area contributed by atoms with Crippen molar-refractivity contribution in [2.75, 3.05) is 41.7 Å². The lowest BCUT2D eigenvalue weighted by Gasteiger charge is -2.26. The number of alkyl halides is 3. The van der Waals surface area contributed by atoms with Gasteiger partial charge in [-0.25, -0.2) is 22.2 Å². The van der Waals surface area contributed by atoms with Crippen molar-refractivity contribution in [3.05, 3.63) is 77.4 Å². The normalized spacial score (nSPS) is 17.4. The van der Waals surface area contributed by atoms with Gasteiger partial charge in [-0.05, 0) is 62.4 Å². The topological polar surface area (TPSA) is 133 Å². The van der Waals surface area contributed by atoms with Gasteiger partial charge in [-0.2, -0.15) is 13.2 Å². The number of benzene rings is 2. The highest BCUT2D eigenvalue weighted by Gasteiger charge is 2.33. The van der Waals surface area contributed by atoms with Crippen LogP contribution in [0.3, 0.4) is 0 Å². The first-order valence-electron chi connectivity index (χ1n) is 15.2. The molecule has 0 aliphatic heterocycles. The molecule has 4 unspecified atom stereocenters. The number of hydrogen-bond donors (Lipinski definition) is 4. The lowest BCUT2D eigenvalue weighted by Crippen LogP contribution is -2.49. The Hall–Kier alpha value is -4.18. The molecule has 1 fully saturated rings. The van der Waals surface area contributed by atoms with E-state index < -0.39 is 63.3 Å². The van der Waals surface area contributed by atoms with Crippen LogP contribution in [0.2, 0.25) is 0 Å². The van der Waals surface area contributed by atoms with Crippen LogP contribution in [0.1, 0.15) is 43.1 Å². The number of anilines is 3. The number of aliphatic hydroxyl groups excluding tert-OH is 1. The fourth-order valence-electron chi connectivity index (χ4n) is 4.73. The third kappa shape index (κ3) is 9.69. The molecule has 1 amide bonds. The van der Waals surface area contributed by atoms with Gasteiger partial charge >= 0.3 is 6.18 Å². The highest BCUT2D eigenvalue weighted by molar-refractivity contribution is 7.93. The molecule has 1 aliphatic rings. The van der Waals surface area contributed by atoms with Gasteiger partial charge in [0.25, 0.3) is 5.91 Å². The van der Waals surface area contributed by atoms with E-state index in [0.717, 1.165) is 35.0 Å². The molecule has 1 aliphatic carbocycles. The van der Waals surface area contributed by atoms with Crippen molar-refractivity contribution in [1.82, 2.24) is 10.3 Å². The number of hydrogen-bond acceptors (Lipinski definition) is 8. The standard InChI is InChI=1S/C32H38F5N5O5S/c1-18(2)48(45,46)42(4)30-10-20(9-29(41-30)39-15-21-8-19(21)3)31(44)40-27(17-47-26-13-23(33)12-24(34)14-26)28(43)16-38-25-7-5-6-22(11-25)32(35,36)37/h5-7,9-14,18-19,21,27-28,38,43H,8,15-17H2,1-4H3,(H,39,41)(H,40,44). The van der Waals surface area contributed by atoms with Gasteiger partial charge in [-0.1, -0.05) is 13.0 Å². The minimum atomic E-state index is -4.60. The fraction of sp³-hybridized carbons (Fsp3) is 0.438. The average Bonchev–Trinajstić information content (AvgIpc) is 3.73. The molecule has 0 saturated heterocycles. The summed E-state index contributed by atoms with van der Waals surface area (Å²) in [6.45, 7) is 4.76. The largest absolute Gasteiger partial charge is 0.491 e. The Morgan fingerprint density at radius 3 is 2.35 bits per heavy atom. The lowest BCUT2D eigenvalue weighted by molar-refractivity contribution is -0.137. The van der Waals surface area contributed by atoms with Crippen LogP contribution in [0, 0.1) is 23.5 Å². The van der Waals surface area contributed by atoms with Crippen molar-refractivity contribution in [2.45, 2.75) is 50.8 Å². The van der Waals surface area contributed by atoms with Crippen LogP contribution in [0.4, 0.5) is 39.3 Å². The SMILES string of the molecule is CC1CC1CNc1cc(C(=O)NC(COc2cc(F)cc(F)c2)C(O)CNc2cccc(C(F)(F)F)c2)cc(N(C)S(=O)(=O)C(C)C)n1. The molecule has 4 rings (SSSR count). The number of rotatable bonds is 15. The molecule has 1 saturated carbocycles. The van der Waals surface area contributed by atoms with Gasteiger partial charge in [0.15, 0.2) is 0 Å². The summed E-state index contributed by atoms with van der Waals surface area (Å²) in [6, 6.07) is 8.10. The summed E-state index contributed by atoms with van der Waals surface area (Å²) in [5.74, 6) is -1.80. The van der Waals surface area contributed by atoms with Crippen molar-refractivity contribution in [1.29, 1.82) is 0 Å². The molecule has 48 heavy (non-hydrogen) atoms. The average molecular weight is 700 g/mol. The van der Waals surface area contributed by atoms with E-state index in [9.17, 15) is 40.3 Å². The summed E-state index contributed by atoms with van der Waals surface area (Å²) in [6.07, 6.45) is -5.09. The number of aliphatic hydroxyl groups is 1. The Morgan fingerprint density at radius 2 is 1.75 bits per heavy atom. The Kier molecular flexibility index (Phi) is 11.4. The molecule has 4 N–H and O–H groups in total. The van der Waals surface area contributed by atoms with Crippen molar-refractivity contribution in [3.8, 4) is 5.75 Å². The number of aromatic nitrogens is 1. The van der Waals surface area contributed by atoms with E-state index >= 15 is 0 Å². The summed E-state index contributed by atoms with van der Waals surface area (Å²) >= 11 is 0. The number of nitrogens with one attached hydrogen (secondary N) is 3. The molecular formula is C32H38F5N5O5S. The summed E-state index contributed by atoms with van der Waals surface area (Å²) in [4.78, 5) is 18.1.